The van der Waals surface area contributed by atoms with Crippen LogP contribution in [0.1, 0.15) is 93.2 Å². The summed E-state index contributed by atoms with van der Waals surface area (Å²) in [5.41, 5.74) is 2.55. The highest BCUT2D eigenvalue weighted by molar-refractivity contribution is 5.99. The number of nitrogens with zero attached hydrogens (tertiary/aromatic N) is 8. The first-order valence-electron chi connectivity index (χ1n) is 30.7. The molecule has 0 aliphatic carbocycles. The van der Waals surface area contributed by atoms with Gasteiger partial charge in [-0.3, -0.25) is 28.9 Å². The van der Waals surface area contributed by atoms with Crippen LogP contribution in [0.15, 0.2) is 97.1 Å². The van der Waals surface area contributed by atoms with Crippen LogP contribution in [0.2, 0.25) is 0 Å². The Balaban J connectivity index is 1.06. The summed E-state index contributed by atoms with van der Waals surface area (Å²) in [5.74, 6) is -2.22. The van der Waals surface area contributed by atoms with Crippen molar-refractivity contribution in [2.24, 2.45) is 0 Å². The van der Waals surface area contributed by atoms with Gasteiger partial charge in [0, 0.05) is 113 Å². The van der Waals surface area contributed by atoms with Crippen molar-refractivity contribution in [2.75, 3.05) is 105 Å². The minimum atomic E-state index is -0.835. The van der Waals surface area contributed by atoms with Gasteiger partial charge >= 0.3 is 24.2 Å². The zero-order chi connectivity index (χ0) is 64.5. The van der Waals surface area contributed by atoms with Gasteiger partial charge in [-0.1, -0.05) is 72.8 Å². The number of ether oxygens (including phenoxy) is 4. The molecule has 1 fully saturated rings. The van der Waals surface area contributed by atoms with Gasteiger partial charge in [-0.15, -0.1) is 0 Å². The molecule has 0 bridgehead atoms. The number of hydrogen-bond acceptors (Lipinski definition) is 15. The lowest BCUT2D eigenvalue weighted by Crippen LogP contribution is -2.52. The van der Waals surface area contributed by atoms with Crippen molar-refractivity contribution in [1.29, 1.82) is 0 Å². The molecule has 22 heteroatoms. The molecule has 2 N–H and O–H groups in total. The second-order valence-corrected chi connectivity index (χ2v) is 25.1. The highest BCUT2D eigenvalue weighted by atomic mass is 16.6. The number of amides is 7. The molecular weight excluding hydrogens is 1140 g/mol. The first-order chi connectivity index (χ1) is 42.2. The van der Waals surface area contributed by atoms with Gasteiger partial charge in [-0.05, 0) is 117 Å². The lowest BCUT2D eigenvalue weighted by Gasteiger charge is -2.35. The number of aromatic nitrogens is 2. The number of aryl methyl sites for hydroxylation is 2. The van der Waals surface area contributed by atoms with Crippen molar-refractivity contribution in [1.82, 2.24) is 50.0 Å². The van der Waals surface area contributed by atoms with Crippen LogP contribution in [0.5, 0.6) is 0 Å². The average molecular weight is 1230 g/mol. The molecule has 1 aliphatic rings. The van der Waals surface area contributed by atoms with E-state index in [0.717, 1.165) is 54.7 Å². The Morgan fingerprint density at radius 1 is 0.461 bits per heavy atom. The maximum absolute atomic E-state index is 14.6. The fourth-order valence-corrected chi connectivity index (χ4v) is 10.4. The molecule has 0 radical (unpaired) electrons. The number of rotatable bonds is 19. The quantitative estimate of drug-likeness (QED) is 0.0442. The van der Waals surface area contributed by atoms with Gasteiger partial charge in [0.2, 0.25) is 23.6 Å². The van der Waals surface area contributed by atoms with Crippen molar-refractivity contribution in [2.45, 2.75) is 112 Å². The average Bonchev–Trinajstić information content (AvgIpc) is 0.880. The van der Waals surface area contributed by atoms with Gasteiger partial charge < -0.3 is 54.1 Å². The highest BCUT2D eigenvalue weighted by Crippen LogP contribution is 2.29. The molecule has 6 aromatic rings. The van der Waals surface area contributed by atoms with E-state index >= 15 is 0 Å². The first-order valence-corrected chi connectivity index (χ1v) is 30.7. The first kappa shape index (κ1) is 67.8. The maximum Gasteiger partial charge on any atom is 0.410 e. The molecule has 7 amide bonds. The molecule has 478 valence electrons. The largest absolute Gasteiger partial charge is 0.465 e. The van der Waals surface area contributed by atoms with Crippen LogP contribution in [-0.2, 0) is 55.8 Å². The number of carbonyl (C=O) groups excluding carboxylic acids is 8. The standard InChI is InChI=1S/C67H88N10O12/c1-11-86-61(82)46-77(60(81)31-29-48-51-22-14-18-26-55(51)71-56-27-19-15-23-52(48)56)35-33-69-58(79)45-76(59(80)30-28-47-49-20-12-16-24-53(49)70-54-25-17-13-21-50(47)54)34-32-68-57(78)44-72-36-38-73(62(83)87-65(2,3)4)40-42-75(64(85)89-67(8,9)10)43-41-74(39-37-72)63(84)88-66(5,6)7/h12-27H,11,28-46H2,1-10H3,(H,68,78)(H,69,79). The summed E-state index contributed by atoms with van der Waals surface area (Å²) in [6.07, 6.45) is -1.09. The van der Waals surface area contributed by atoms with Crippen LogP contribution in [0.4, 0.5) is 14.4 Å². The second-order valence-electron chi connectivity index (χ2n) is 25.1. The number of pyridine rings is 2. The number of hydrogen-bond donors (Lipinski definition) is 2. The Morgan fingerprint density at radius 2 is 0.787 bits per heavy atom. The van der Waals surface area contributed by atoms with Crippen LogP contribution in [0.25, 0.3) is 43.6 Å². The summed E-state index contributed by atoms with van der Waals surface area (Å²) < 4.78 is 22.6. The lowest BCUT2D eigenvalue weighted by atomic mass is 9.98. The monoisotopic (exact) mass is 1220 g/mol. The van der Waals surface area contributed by atoms with E-state index in [-0.39, 0.29) is 129 Å². The van der Waals surface area contributed by atoms with Gasteiger partial charge in [-0.25, -0.2) is 24.4 Å². The predicted molar refractivity (Wildman–Crippen MR) is 341 cm³/mol. The molecule has 0 saturated carbocycles. The molecule has 2 aromatic heterocycles. The van der Waals surface area contributed by atoms with Crippen LogP contribution in [0, 0.1) is 0 Å². The summed E-state index contributed by atoms with van der Waals surface area (Å²) in [5, 5.41) is 9.43. The van der Waals surface area contributed by atoms with Gasteiger partial charge in [0.25, 0.3) is 0 Å². The summed E-state index contributed by atoms with van der Waals surface area (Å²) in [7, 11) is 0. The van der Waals surface area contributed by atoms with Crippen molar-refractivity contribution < 1.29 is 57.3 Å². The van der Waals surface area contributed by atoms with Crippen LogP contribution in [-0.4, -0.2) is 209 Å². The summed E-state index contributed by atoms with van der Waals surface area (Å²) in [6.45, 7) is 17.2. The third kappa shape index (κ3) is 20.7. The summed E-state index contributed by atoms with van der Waals surface area (Å²) >= 11 is 0. The molecule has 0 unspecified atom stereocenters. The Morgan fingerprint density at radius 3 is 1.13 bits per heavy atom. The van der Waals surface area contributed by atoms with Gasteiger partial charge in [0.15, 0.2) is 0 Å². The molecule has 1 aliphatic heterocycles. The minimum Gasteiger partial charge on any atom is -0.465 e. The molecule has 3 heterocycles. The minimum absolute atomic E-state index is 0.00864. The maximum atomic E-state index is 14.6. The van der Waals surface area contributed by atoms with E-state index in [9.17, 15) is 38.4 Å². The van der Waals surface area contributed by atoms with Gasteiger partial charge in [0.05, 0.1) is 41.8 Å². The predicted octanol–water partition coefficient (Wildman–Crippen LogP) is 8.13. The SMILES string of the molecule is CCOC(=O)CN(CCNC(=O)CN(CCNC(=O)CN1CCN(C(=O)OC(C)(C)C)CCN(C(=O)OC(C)(C)C)CCN(C(=O)OC(C)(C)C)CC1)C(=O)CCc1c2ccccc2nc2ccccc12)C(=O)CCc1c2ccccc2nc2ccccc12. The zero-order valence-corrected chi connectivity index (χ0v) is 53.4. The fraction of sp³-hybridized carbons (Fsp3) is 0.493. The van der Waals surface area contributed by atoms with Crippen molar-refractivity contribution >= 4 is 91.5 Å². The molecule has 89 heavy (non-hydrogen) atoms. The Hall–Kier alpha value is -8.66. The number of nitrogens with one attached hydrogen (secondary N) is 2. The Bertz CT molecular complexity index is 3330. The lowest BCUT2D eigenvalue weighted by molar-refractivity contribution is -0.149. The fourth-order valence-electron chi connectivity index (χ4n) is 10.4. The van der Waals surface area contributed by atoms with E-state index in [2.05, 4.69) is 10.6 Å². The van der Waals surface area contributed by atoms with Gasteiger partial charge in [-0.2, -0.15) is 0 Å². The summed E-state index contributed by atoms with van der Waals surface area (Å²) in [4.78, 5) is 129. The Kier molecular flexibility index (Phi) is 23.6. The molecule has 4 aromatic carbocycles. The van der Waals surface area contributed by atoms with Crippen molar-refractivity contribution in [3.63, 3.8) is 0 Å². The third-order valence-corrected chi connectivity index (χ3v) is 14.6. The smallest absolute Gasteiger partial charge is 0.410 e. The van der Waals surface area contributed by atoms with Crippen LogP contribution in [0.3, 0.4) is 0 Å². The molecule has 0 atom stereocenters. The van der Waals surface area contributed by atoms with Gasteiger partial charge in [0.1, 0.15) is 23.3 Å². The normalized spacial score (nSPS) is 13.9. The van der Waals surface area contributed by atoms with Crippen LogP contribution >= 0.6 is 0 Å². The molecule has 7 rings (SSSR count). The van der Waals surface area contributed by atoms with Crippen LogP contribution < -0.4 is 10.6 Å². The van der Waals surface area contributed by atoms with Crippen molar-refractivity contribution in [3.8, 4) is 0 Å². The van der Waals surface area contributed by atoms with Crippen molar-refractivity contribution in [3.05, 3.63) is 108 Å². The molecule has 1 saturated heterocycles. The van der Waals surface area contributed by atoms with E-state index in [4.69, 9.17) is 28.9 Å². The second kappa shape index (κ2) is 31.0. The molecule has 0 spiro atoms. The van der Waals surface area contributed by atoms with E-state index in [1.165, 1.54) is 24.5 Å². The number of para-hydroxylation sites is 4. The molecular formula is C67H88N10O12. The highest BCUT2D eigenvalue weighted by Gasteiger charge is 2.31. The zero-order valence-electron chi connectivity index (χ0n) is 53.4. The number of esters is 1. The summed E-state index contributed by atoms with van der Waals surface area (Å²) in [6, 6.07) is 30.9. The third-order valence-electron chi connectivity index (χ3n) is 14.6. The van der Waals surface area contributed by atoms with E-state index in [1.54, 1.807) is 74.1 Å². The number of carbonyl (C=O) groups is 8. The number of benzene rings is 4. The van der Waals surface area contributed by atoms with E-state index < -0.39 is 52.9 Å². The Labute approximate surface area is 521 Å². The topological polar surface area (TPSA) is 243 Å². The van der Waals surface area contributed by atoms with E-state index in [1.807, 2.05) is 97.1 Å². The molecule has 22 nitrogen and oxygen atoms in total. The van der Waals surface area contributed by atoms with E-state index in [0.29, 0.717) is 12.8 Å². The number of fused-ring (bicyclic) bond motifs is 4.